The molecule has 3 nitrogen and oxygen atoms in total. The second-order valence-corrected chi connectivity index (χ2v) is 4.22. The lowest BCUT2D eigenvalue weighted by Crippen LogP contribution is -2.25. The number of fused-ring (bicyclic) bond motifs is 1. The molecule has 0 radical (unpaired) electrons. The van der Waals surface area contributed by atoms with Crippen molar-refractivity contribution in [3.63, 3.8) is 0 Å². The van der Waals surface area contributed by atoms with Gasteiger partial charge in [-0.15, -0.1) is 0 Å². The van der Waals surface area contributed by atoms with E-state index in [9.17, 15) is 18.0 Å². The molecule has 0 unspecified atom stereocenters. The molecule has 0 bridgehead atoms. The van der Waals surface area contributed by atoms with Crippen LogP contribution in [0.4, 0.5) is 13.2 Å². The number of hydrogen-bond donors (Lipinski definition) is 2. The van der Waals surface area contributed by atoms with Crippen molar-refractivity contribution in [1.82, 2.24) is 10.3 Å². The van der Waals surface area contributed by atoms with Crippen LogP contribution in [0.3, 0.4) is 0 Å². The Bertz CT molecular complexity index is 575. The fraction of sp³-hybridized carbons (Fsp3) is 0.308. The summed E-state index contributed by atoms with van der Waals surface area (Å²) in [6.45, 7) is 0.00936. The Balaban J connectivity index is 1.95. The van der Waals surface area contributed by atoms with E-state index in [1.54, 1.807) is 18.3 Å². The lowest BCUT2D eigenvalue weighted by atomic mass is 10.1. The molecule has 2 rings (SSSR count). The topological polar surface area (TPSA) is 44.9 Å². The predicted molar refractivity (Wildman–Crippen MR) is 65.9 cm³/mol. The molecule has 0 aliphatic carbocycles. The number of amides is 1. The molecule has 6 heteroatoms. The number of hydrogen-bond acceptors (Lipinski definition) is 1. The number of aromatic nitrogens is 1. The SMILES string of the molecule is O=C(NCCCC(F)(F)F)c1cccc2cc[nH]c12. The minimum Gasteiger partial charge on any atom is -0.361 e. The fourth-order valence-corrected chi connectivity index (χ4v) is 1.86. The van der Waals surface area contributed by atoms with E-state index >= 15 is 0 Å². The van der Waals surface area contributed by atoms with Crippen LogP contribution in [0.25, 0.3) is 10.9 Å². The number of H-pyrrole nitrogens is 1. The van der Waals surface area contributed by atoms with Gasteiger partial charge in [0.05, 0.1) is 11.1 Å². The Kier molecular flexibility index (Phi) is 3.78. The van der Waals surface area contributed by atoms with Crippen molar-refractivity contribution >= 4 is 16.8 Å². The summed E-state index contributed by atoms with van der Waals surface area (Å²) in [6.07, 6.45) is -3.47. The van der Waals surface area contributed by atoms with Crippen LogP contribution in [-0.2, 0) is 0 Å². The zero-order chi connectivity index (χ0) is 13.9. The van der Waals surface area contributed by atoms with Gasteiger partial charge in [0, 0.05) is 24.5 Å². The molecular weight excluding hydrogens is 257 g/mol. The first-order valence-electron chi connectivity index (χ1n) is 5.88. The number of rotatable bonds is 4. The van der Waals surface area contributed by atoms with Crippen molar-refractivity contribution in [2.75, 3.05) is 6.54 Å². The predicted octanol–water partition coefficient (Wildman–Crippen LogP) is 3.24. The van der Waals surface area contributed by atoms with Gasteiger partial charge in [-0.2, -0.15) is 13.2 Å². The van der Waals surface area contributed by atoms with E-state index in [1.807, 2.05) is 12.1 Å². The van der Waals surface area contributed by atoms with Gasteiger partial charge in [-0.3, -0.25) is 4.79 Å². The molecule has 0 spiro atoms. The molecule has 1 amide bonds. The van der Waals surface area contributed by atoms with E-state index in [-0.39, 0.29) is 18.9 Å². The van der Waals surface area contributed by atoms with Gasteiger partial charge < -0.3 is 10.3 Å². The molecule has 0 atom stereocenters. The highest BCUT2D eigenvalue weighted by Gasteiger charge is 2.26. The van der Waals surface area contributed by atoms with Gasteiger partial charge >= 0.3 is 6.18 Å². The molecule has 0 saturated heterocycles. The minimum atomic E-state index is -4.18. The second-order valence-electron chi connectivity index (χ2n) is 4.22. The van der Waals surface area contributed by atoms with E-state index in [4.69, 9.17) is 0 Å². The van der Waals surface area contributed by atoms with Gasteiger partial charge in [0.2, 0.25) is 0 Å². The molecule has 1 aromatic heterocycles. The van der Waals surface area contributed by atoms with Gasteiger partial charge in [-0.1, -0.05) is 12.1 Å². The van der Waals surface area contributed by atoms with Crippen molar-refractivity contribution < 1.29 is 18.0 Å². The maximum absolute atomic E-state index is 12.0. The third kappa shape index (κ3) is 3.49. The van der Waals surface area contributed by atoms with Crippen molar-refractivity contribution in [3.8, 4) is 0 Å². The molecule has 2 aromatic rings. The highest BCUT2D eigenvalue weighted by molar-refractivity contribution is 6.05. The maximum atomic E-state index is 12.0. The molecule has 0 aliphatic rings. The maximum Gasteiger partial charge on any atom is 0.389 e. The van der Waals surface area contributed by atoms with Gasteiger partial charge in [0.1, 0.15) is 0 Å². The molecule has 1 heterocycles. The van der Waals surface area contributed by atoms with E-state index < -0.39 is 12.6 Å². The van der Waals surface area contributed by atoms with E-state index in [0.717, 1.165) is 5.39 Å². The van der Waals surface area contributed by atoms with E-state index in [0.29, 0.717) is 11.1 Å². The van der Waals surface area contributed by atoms with Gasteiger partial charge in [0.15, 0.2) is 0 Å². The molecular formula is C13H13F3N2O. The number of halogens is 3. The van der Waals surface area contributed by atoms with Gasteiger partial charge in [-0.05, 0) is 18.6 Å². The Morgan fingerprint density at radius 3 is 2.79 bits per heavy atom. The number of aromatic amines is 1. The average molecular weight is 270 g/mol. The first kappa shape index (κ1) is 13.5. The highest BCUT2D eigenvalue weighted by Crippen LogP contribution is 2.21. The zero-order valence-corrected chi connectivity index (χ0v) is 10.1. The second kappa shape index (κ2) is 5.34. The molecule has 0 saturated carbocycles. The summed E-state index contributed by atoms with van der Waals surface area (Å²) in [4.78, 5) is 14.8. The molecule has 1 aromatic carbocycles. The fourth-order valence-electron chi connectivity index (χ4n) is 1.86. The van der Waals surface area contributed by atoms with Crippen molar-refractivity contribution in [3.05, 3.63) is 36.0 Å². The Morgan fingerprint density at radius 1 is 1.26 bits per heavy atom. The summed E-state index contributed by atoms with van der Waals surface area (Å²) in [5.74, 6) is -0.366. The monoisotopic (exact) mass is 270 g/mol. The highest BCUT2D eigenvalue weighted by atomic mass is 19.4. The van der Waals surface area contributed by atoms with Crippen molar-refractivity contribution in [2.45, 2.75) is 19.0 Å². The number of nitrogens with one attached hydrogen (secondary N) is 2. The van der Waals surface area contributed by atoms with Crippen LogP contribution in [0.5, 0.6) is 0 Å². The lowest BCUT2D eigenvalue weighted by Gasteiger charge is -2.08. The van der Waals surface area contributed by atoms with E-state index in [2.05, 4.69) is 10.3 Å². The summed E-state index contributed by atoms with van der Waals surface area (Å²) in [5.41, 5.74) is 1.13. The quantitative estimate of drug-likeness (QED) is 0.823. The third-order valence-corrected chi connectivity index (χ3v) is 2.75. The molecule has 2 N–H and O–H groups in total. The number of carbonyl (C=O) groups excluding carboxylic acids is 1. The molecule has 0 fully saturated rings. The van der Waals surface area contributed by atoms with Crippen LogP contribution in [-0.4, -0.2) is 23.6 Å². The summed E-state index contributed by atoms with van der Waals surface area (Å²) in [5, 5.41) is 3.39. The minimum absolute atomic E-state index is 0.00936. The van der Waals surface area contributed by atoms with Crippen molar-refractivity contribution in [1.29, 1.82) is 0 Å². The standard InChI is InChI=1S/C13H13F3N2O/c14-13(15,16)6-2-7-18-12(19)10-4-1-3-9-5-8-17-11(9)10/h1,3-5,8,17H,2,6-7H2,(H,18,19). The molecule has 19 heavy (non-hydrogen) atoms. The lowest BCUT2D eigenvalue weighted by molar-refractivity contribution is -0.135. The van der Waals surface area contributed by atoms with Gasteiger partial charge in [-0.25, -0.2) is 0 Å². The summed E-state index contributed by atoms with van der Waals surface area (Å²) in [6, 6.07) is 7.06. The summed E-state index contributed by atoms with van der Waals surface area (Å²) < 4.78 is 35.9. The number of benzene rings is 1. The number of carbonyl (C=O) groups is 1. The first-order valence-corrected chi connectivity index (χ1v) is 5.88. The van der Waals surface area contributed by atoms with Crippen LogP contribution in [0, 0.1) is 0 Å². The van der Waals surface area contributed by atoms with Crippen LogP contribution in [0.2, 0.25) is 0 Å². The molecule has 0 aliphatic heterocycles. The number of alkyl halides is 3. The Hall–Kier alpha value is -1.98. The third-order valence-electron chi connectivity index (χ3n) is 2.75. The van der Waals surface area contributed by atoms with Crippen LogP contribution < -0.4 is 5.32 Å². The van der Waals surface area contributed by atoms with Crippen LogP contribution >= 0.6 is 0 Å². The largest absolute Gasteiger partial charge is 0.389 e. The van der Waals surface area contributed by atoms with Crippen molar-refractivity contribution in [2.24, 2.45) is 0 Å². The normalized spacial score (nSPS) is 11.7. The zero-order valence-electron chi connectivity index (χ0n) is 10.1. The Labute approximate surface area is 107 Å². The molecule has 102 valence electrons. The Morgan fingerprint density at radius 2 is 2.05 bits per heavy atom. The van der Waals surface area contributed by atoms with Crippen LogP contribution in [0.1, 0.15) is 23.2 Å². The van der Waals surface area contributed by atoms with Crippen LogP contribution in [0.15, 0.2) is 30.5 Å². The average Bonchev–Trinajstić information content (AvgIpc) is 2.81. The van der Waals surface area contributed by atoms with Gasteiger partial charge in [0.25, 0.3) is 5.91 Å². The van der Waals surface area contributed by atoms with E-state index in [1.165, 1.54) is 0 Å². The first-order chi connectivity index (χ1) is 8.97. The number of para-hydroxylation sites is 1. The summed E-state index contributed by atoms with van der Waals surface area (Å²) >= 11 is 0. The summed E-state index contributed by atoms with van der Waals surface area (Å²) in [7, 11) is 0. The smallest absolute Gasteiger partial charge is 0.361 e.